The second-order valence-corrected chi connectivity index (χ2v) is 4.59. The van der Waals surface area contributed by atoms with Crippen molar-refractivity contribution < 1.29 is 14.7 Å². The third kappa shape index (κ3) is 6.99. The fourth-order valence-electron chi connectivity index (χ4n) is 1.35. The first-order chi connectivity index (χ1) is 5.89. The molecule has 0 amide bonds. The van der Waals surface area contributed by atoms with E-state index in [9.17, 15) is 5.11 Å². The monoisotopic (exact) mass is 189 g/mol. The summed E-state index contributed by atoms with van der Waals surface area (Å²) in [4.78, 5) is 0. The Balaban J connectivity index is 3.79. The van der Waals surface area contributed by atoms with Gasteiger partial charge in [-0.25, -0.2) is 0 Å². The molecule has 0 spiro atoms. The van der Waals surface area contributed by atoms with Gasteiger partial charge in [0.15, 0.2) is 0 Å². The molecule has 0 aromatic rings. The van der Waals surface area contributed by atoms with E-state index in [4.69, 9.17) is 5.11 Å². The molecule has 0 saturated carbocycles. The van der Waals surface area contributed by atoms with Crippen LogP contribution in [-0.2, 0) is 0 Å². The third-order valence-corrected chi connectivity index (χ3v) is 2.01. The second-order valence-electron chi connectivity index (χ2n) is 4.59. The lowest BCUT2D eigenvalue weighted by Gasteiger charge is -2.27. The predicted octanol–water partition coefficient (Wildman–Crippen LogP) is 0.420. The number of aliphatic hydroxyl groups is 2. The van der Waals surface area contributed by atoms with Crippen LogP contribution in [0.5, 0.6) is 0 Å². The molecular formula is C10H23NO2+. The maximum atomic E-state index is 9.67. The number of hydrogen-bond donors (Lipinski definition) is 2. The van der Waals surface area contributed by atoms with E-state index in [1.807, 2.05) is 28.1 Å². The number of quaternary nitrogens is 1. The Kier molecular flexibility index (Phi) is 5.53. The average molecular weight is 189 g/mol. The summed E-state index contributed by atoms with van der Waals surface area (Å²) in [6.07, 6.45) is 1.15. The summed E-state index contributed by atoms with van der Waals surface area (Å²) in [5.41, 5.74) is 0. The molecule has 0 aromatic heterocycles. The van der Waals surface area contributed by atoms with Crippen molar-refractivity contribution >= 4 is 0 Å². The molecule has 0 aliphatic rings. The molecule has 0 aliphatic carbocycles. The SMILES string of the molecule is CC[C](CO)CC(O)C[N+](C)(C)C. The van der Waals surface area contributed by atoms with E-state index in [0.717, 1.165) is 23.4 Å². The largest absolute Gasteiger partial charge is 0.396 e. The predicted molar refractivity (Wildman–Crippen MR) is 54.1 cm³/mol. The zero-order chi connectivity index (χ0) is 10.5. The molecule has 2 N–H and O–H groups in total. The van der Waals surface area contributed by atoms with Crippen molar-refractivity contribution in [2.45, 2.75) is 25.9 Å². The standard InChI is InChI=1S/C10H23NO2/c1-5-9(8-12)6-10(13)7-11(2,3)4/h10,12-13H,5-8H2,1-4H3/q+1. The van der Waals surface area contributed by atoms with Gasteiger partial charge >= 0.3 is 0 Å². The van der Waals surface area contributed by atoms with Crippen LogP contribution >= 0.6 is 0 Å². The highest BCUT2D eigenvalue weighted by Crippen LogP contribution is 2.13. The van der Waals surface area contributed by atoms with Gasteiger partial charge in [0, 0.05) is 12.5 Å². The van der Waals surface area contributed by atoms with Gasteiger partial charge in [-0.05, 0) is 12.8 Å². The smallest absolute Gasteiger partial charge is 0.104 e. The summed E-state index contributed by atoms with van der Waals surface area (Å²) in [7, 11) is 6.15. The number of hydrogen-bond acceptors (Lipinski definition) is 2. The fourth-order valence-corrected chi connectivity index (χ4v) is 1.35. The molecular weight excluding hydrogens is 166 g/mol. The van der Waals surface area contributed by atoms with Crippen LogP contribution in [0.1, 0.15) is 19.8 Å². The first-order valence-electron chi connectivity index (χ1n) is 4.82. The number of likely N-dealkylation sites (N-methyl/N-ethyl adjacent to an activating group) is 1. The molecule has 1 radical (unpaired) electrons. The highest BCUT2D eigenvalue weighted by Gasteiger charge is 2.18. The van der Waals surface area contributed by atoms with Crippen molar-refractivity contribution in [2.75, 3.05) is 34.3 Å². The number of nitrogens with zero attached hydrogens (tertiary/aromatic N) is 1. The lowest BCUT2D eigenvalue weighted by molar-refractivity contribution is -0.873. The second kappa shape index (κ2) is 5.58. The molecule has 0 heterocycles. The maximum absolute atomic E-state index is 9.67. The maximum Gasteiger partial charge on any atom is 0.104 e. The average Bonchev–Trinajstić information content (AvgIpc) is 1.96. The minimum absolute atomic E-state index is 0.102. The minimum atomic E-state index is -0.331. The first kappa shape index (κ1) is 12.9. The molecule has 0 saturated heterocycles. The number of rotatable bonds is 6. The van der Waals surface area contributed by atoms with E-state index >= 15 is 0 Å². The van der Waals surface area contributed by atoms with Crippen LogP contribution in [0.3, 0.4) is 0 Å². The summed E-state index contributed by atoms with van der Waals surface area (Å²) in [6.45, 7) is 2.83. The highest BCUT2D eigenvalue weighted by molar-refractivity contribution is 4.89. The molecule has 1 atom stereocenters. The van der Waals surface area contributed by atoms with Gasteiger partial charge in [-0.2, -0.15) is 0 Å². The van der Waals surface area contributed by atoms with Crippen LogP contribution in [0, 0.1) is 5.92 Å². The van der Waals surface area contributed by atoms with Crippen molar-refractivity contribution in [1.29, 1.82) is 0 Å². The minimum Gasteiger partial charge on any atom is -0.396 e. The van der Waals surface area contributed by atoms with Gasteiger partial charge in [0.1, 0.15) is 12.6 Å². The molecule has 0 fully saturated rings. The summed E-state index contributed by atoms with van der Waals surface area (Å²) in [5.74, 6) is 1.03. The highest BCUT2D eigenvalue weighted by atomic mass is 16.3. The summed E-state index contributed by atoms with van der Waals surface area (Å²) in [6, 6.07) is 0. The molecule has 1 unspecified atom stereocenters. The van der Waals surface area contributed by atoms with E-state index < -0.39 is 0 Å². The zero-order valence-electron chi connectivity index (χ0n) is 9.25. The first-order valence-corrected chi connectivity index (χ1v) is 4.82. The third-order valence-electron chi connectivity index (χ3n) is 2.01. The number of aliphatic hydroxyl groups excluding tert-OH is 2. The van der Waals surface area contributed by atoms with Gasteiger partial charge < -0.3 is 14.7 Å². The molecule has 13 heavy (non-hydrogen) atoms. The van der Waals surface area contributed by atoms with Crippen LogP contribution in [-0.4, -0.2) is 55.1 Å². The van der Waals surface area contributed by atoms with Crippen molar-refractivity contribution in [2.24, 2.45) is 0 Å². The quantitative estimate of drug-likeness (QED) is 0.595. The Morgan fingerprint density at radius 3 is 2.15 bits per heavy atom. The van der Waals surface area contributed by atoms with Crippen molar-refractivity contribution in [1.82, 2.24) is 0 Å². The van der Waals surface area contributed by atoms with Gasteiger partial charge in [0.2, 0.25) is 0 Å². The van der Waals surface area contributed by atoms with Crippen molar-refractivity contribution in [3.8, 4) is 0 Å². The van der Waals surface area contributed by atoms with E-state index in [-0.39, 0.29) is 12.7 Å². The molecule has 0 rings (SSSR count). The van der Waals surface area contributed by atoms with E-state index in [1.54, 1.807) is 0 Å². The Morgan fingerprint density at radius 1 is 1.31 bits per heavy atom. The topological polar surface area (TPSA) is 40.5 Å². The molecule has 3 heteroatoms. The van der Waals surface area contributed by atoms with Gasteiger partial charge in [-0.3, -0.25) is 0 Å². The van der Waals surface area contributed by atoms with Gasteiger partial charge in [0.05, 0.1) is 21.1 Å². The van der Waals surface area contributed by atoms with Crippen LogP contribution in [0.25, 0.3) is 0 Å². The lowest BCUT2D eigenvalue weighted by atomic mass is 9.99. The van der Waals surface area contributed by atoms with Crippen molar-refractivity contribution in [3.05, 3.63) is 5.92 Å². The van der Waals surface area contributed by atoms with Gasteiger partial charge in [0.25, 0.3) is 0 Å². The Morgan fingerprint density at radius 2 is 1.85 bits per heavy atom. The van der Waals surface area contributed by atoms with E-state index in [0.29, 0.717) is 6.42 Å². The molecule has 0 bridgehead atoms. The fraction of sp³-hybridized carbons (Fsp3) is 0.900. The summed E-state index contributed by atoms with van der Waals surface area (Å²) >= 11 is 0. The van der Waals surface area contributed by atoms with Crippen LogP contribution < -0.4 is 0 Å². The Bertz CT molecular complexity index is 127. The lowest BCUT2D eigenvalue weighted by Crippen LogP contribution is -2.42. The van der Waals surface area contributed by atoms with Crippen LogP contribution in [0.4, 0.5) is 0 Å². The van der Waals surface area contributed by atoms with Crippen molar-refractivity contribution in [3.63, 3.8) is 0 Å². The summed E-state index contributed by atoms with van der Waals surface area (Å²) < 4.78 is 0.754. The Labute approximate surface area is 81.6 Å². The Hall–Kier alpha value is -0.120. The normalized spacial score (nSPS) is 15.0. The molecule has 79 valence electrons. The molecule has 0 aliphatic heterocycles. The van der Waals surface area contributed by atoms with E-state index in [1.165, 1.54) is 0 Å². The van der Waals surface area contributed by atoms with Gasteiger partial charge in [-0.15, -0.1) is 0 Å². The van der Waals surface area contributed by atoms with Gasteiger partial charge in [-0.1, -0.05) is 6.92 Å². The molecule has 3 nitrogen and oxygen atoms in total. The van der Waals surface area contributed by atoms with E-state index in [2.05, 4.69) is 0 Å². The van der Waals surface area contributed by atoms with Crippen LogP contribution in [0.2, 0.25) is 0 Å². The van der Waals surface area contributed by atoms with Crippen LogP contribution in [0.15, 0.2) is 0 Å². The summed E-state index contributed by atoms with van der Waals surface area (Å²) in [5, 5.41) is 18.6. The zero-order valence-corrected chi connectivity index (χ0v) is 9.25. The molecule has 0 aromatic carbocycles.